The molecule has 5 heterocycles. The fourth-order valence-corrected chi connectivity index (χ4v) is 4.29. The number of amides is 2. The number of rotatable bonds is 5. The van der Waals surface area contributed by atoms with Gasteiger partial charge in [-0.1, -0.05) is 11.2 Å². The van der Waals surface area contributed by atoms with Crippen molar-refractivity contribution in [3.8, 4) is 0 Å². The van der Waals surface area contributed by atoms with Gasteiger partial charge in [-0.3, -0.25) is 14.6 Å². The number of hydrogen-bond donors (Lipinski definition) is 0. The molecule has 5 rings (SSSR count). The topological polar surface area (TPSA) is 79.5 Å². The molecule has 0 unspecified atom stereocenters. The van der Waals surface area contributed by atoms with Gasteiger partial charge in [0.25, 0.3) is 0 Å². The third kappa shape index (κ3) is 3.66. The van der Waals surface area contributed by atoms with Crippen LogP contribution in [0.1, 0.15) is 42.0 Å². The number of pyridine rings is 1. The summed E-state index contributed by atoms with van der Waals surface area (Å²) in [4.78, 5) is 34.0. The number of hydrogen-bond acceptors (Lipinski definition) is 5. The van der Waals surface area contributed by atoms with Gasteiger partial charge in [-0.15, -0.1) is 0 Å². The molecule has 148 valence electrons. The number of aromatic nitrogens is 2. The molecule has 3 aliphatic rings. The van der Waals surface area contributed by atoms with E-state index in [-0.39, 0.29) is 23.8 Å². The molecule has 0 spiro atoms. The van der Waals surface area contributed by atoms with Crippen LogP contribution in [0.2, 0.25) is 0 Å². The van der Waals surface area contributed by atoms with E-state index in [2.05, 4.69) is 10.1 Å². The molecule has 2 atom stereocenters. The van der Waals surface area contributed by atoms with Gasteiger partial charge < -0.3 is 14.3 Å². The van der Waals surface area contributed by atoms with Crippen LogP contribution < -0.4 is 0 Å². The Kier molecular flexibility index (Phi) is 5.15. The fourth-order valence-electron chi connectivity index (χ4n) is 4.29. The van der Waals surface area contributed by atoms with E-state index in [1.165, 1.54) is 0 Å². The highest BCUT2D eigenvalue weighted by Crippen LogP contribution is 2.31. The standard InChI is InChI=1S/C21H26N4O3/c1-14-19(15(2)28-23-14)13-25-18-8-6-16(21(25)27)11-24(12-18)20(26)9-7-17-5-3-4-10-22-17/h3-5,10,16,18H,6-9,11-13H2,1-2H3/t16-,18+/m1/s1. The Morgan fingerprint density at radius 2 is 2.11 bits per heavy atom. The van der Waals surface area contributed by atoms with Crippen LogP contribution in [-0.2, 0) is 22.6 Å². The molecule has 3 fully saturated rings. The third-order valence-electron chi connectivity index (χ3n) is 5.98. The molecule has 7 nitrogen and oxygen atoms in total. The molecule has 3 saturated heterocycles. The second kappa shape index (κ2) is 7.73. The maximum atomic E-state index is 13.0. The lowest BCUT2D eigenvalue weighted by molar-refractivity contribution is -0.140. The van der Waals surface area contributed by atoms with Gasteiger partial charge in [0.15, 0.2) is 0 Å². The summed E-state index contributed by atoms with van der Waals surface area (Å²) in [6.07, 6.45) is 4.59. The lowest BCUT2D eigenvalue weighted by Gasteiger charge is -2.35. The summed E-state index contributed by atoms with van der Waals surface area (Å²) in [7, 11) is 0. The first-order chi connectivity index (χ1) is 13.5. The van der Waals surface area contributed by atoms with Gasteiger partial charge >= 0.3 is 0 Å². The number of fused-ring (bicyclic) bond motifs is 4. The molecule has 2 aromatic heterocycles. The number of piperidine rings is 1. The van der Waals surface area contributed by atoms with Gasteiger partial charge in [0.2, 0.25) is 11.8 Å². The largest absolute Gasteiger partial charge is 0.361 e. The van der Waals surface area contributed by atoms with Crippen molar-refractivity contribution in [2.45, 2.75) is 52.1 Å². The Bertz CT molecular complexity index is 844. The summed E-state index contributed by atoms with van der Waals surface area (Å²) in [5.41, 5.74) is 2.73. The Balaban J connectivity index is 1.45. The number of nitrogens with zero attached hydrogens (tertiary/aromatic N) is 4. The molecule has 0 aromatic carbocycles. The van der Waals surface area contributed by atoms with Gasteiger partial charge in [-0.05, 0) is 45.2 Å². The zero-order valence-corrected chi connectivity index (χ0v) is 16.4. The van der Waals surface area contributed by atoms with E-state index in [0.29, 0.717) is 32.5 Å². The van der Waals surface area contributed by atoms with E-state index in [1.807, 2.05) is 41.8 Å². The lowest BCUT2D eigenvalue weighted by Crippen LogP contribution is -2.47. The van der Waals surface area contributed by atoms with Crippen molar-refractivity contribution >= 4 is 11.8 Å². The van der Waals surface area contributed by atoms with Crippen molar-refractivity contribution in [1.82, 2.24) is 19.9 Å². The van der Waals surface area contributed by atoms with E-state index in [9.17, 15) is 9.59 Å². The van der Waals surface area contributed by atoms with Crippen molar-refractivity contribution in [3.63, 3.8) is 0 Å². The quantitative estimate of drug-likeness (QED) is 0.793. The highest BCUT2D eigenvalue weighted by atomic mass is 16.5. The maximum Gasteiger partial charge on any atom is 0.228 e. The summed E-state index contributed by atoms with van der Waals surface area (Å²) in [5.74, 6) is 0.901. The Morgan fingerprint density at radius 3 is 2.82 bits per heavy atom. The summed E-state index contributed by atoms with van der Waals surface area (Å²) < 4.78 is 5.26. The first-order valence-corrected chi connectivity index (χ1v) is 9.93. The predicted molar refractivity (Wildman–Crippen MR) is 102 cm³/mol. The van der Waals surface area contributed by atoms with Gasteiger partial charge in [0.05, 0.1) is 18.2 Å². The van der Waals surface area contributed by atoms with E-state index >= 15 is 0 Å². The highest BCUT2D eigenvalue weighted by molar-refractivity contribution is 5.83. The molecule has 28 heavy (non-hydrogen) atoms. The average Bonchev–Trinajstić information content (AvgIpc) is 2.88. The fraction of sp³-hybridized carbons (Fsp3) is 0.524. The zero-order chi connectivity index (χ0) is 19.7. The summed E-state index contributed by atoms with van der Waals surface area (Å²) in [5, 5.41) is 4.01. The SMILES string of the molecule is Cc1noc(C)c1CN1C(=O)[C@@H]2CC[C@H]1CN(C(=O)CCc1ccccn1)C2. The van der Waals surface area contributed by atoms with Crippen molar-refractivity contribution in [2.24, 2.45) is 5.92 Å². The van der Waals surface area contributed by atoms with Gasteiger partial charge in [-0.2, -0.15) is 0 Å². The summed E-state index contributed by atoms with van der Waals surface area (Å²) in [6, 6.07) is 5.80. The first kappa shape index (κ1) is 18.7. The molecule has 2 aromatic rings. The van der Waals surface area contributed by atoms with Crippen molar-refractivity contribution in [2.75, 3.05) is 13.1 Å². The molecule has 7 heteroatoms. The van der Waals surface area contributed by atoms with E-state index in [4.69, 9.17) is 4.52 Å². The molecule has 3 aliphatic heterocycles. The van der Waals surface area contributed by atoms with Crippen molar-refractivity contribution < 1.29 is 14.1 Å². The summed E-state index contributed by atoms with van der Waals surface area (Å²) in [6.45, 7) is 5.42. The molecular weight excluding hydrogens is 356 g/mol. The van der Waals surface area contributed by atoms with Crippen LogP contribution in [0.3, 0.4) is 0 Å². The monoisotopic (exact) mass is 382 g/mol. The molecule has 0 aliphatic carbocycles. The average molecular weight is 382 g/mol. The normalized spacial score (nSPS) is 21.9. The first-order valence-electron chi connectivity index (χ1n) is 9.93. The van der Waals surface area contributed by atoms with Crippen LogP contribution in [0.4, 0.5) is 0 Å². The van der Waals surface area contributed by atoms with Gasteiger partial charge in [-0.25, -0.2) is 0 Å². The zero-order valence-electron chi connectivity index (χ0n) is 16.4. The second-order valence-corrected chi connectivity index (χ2v) is 7.82. The Hall–Kier alpha value is -2.70. The van der Waals surface area contributed by atoms with Gasteiger partial charge in [0.1, 0.15) is 5.76 Å². The number of carbonyl (C=O) groups is 2. The summed E-state index contributed by atoms with van der Waals surface area (Å²) >= 11 is 0. The minimum absolute atomic E-state index is 0.0544. The van der Waals surface area contributed by atoms with Crippen LogP contribution in [-0.4, -0.2) is 50.9 Å². The molecular formula is C21H26N4O3. The lowest BCUT2D eigenvalue weighted by atomic mass is 9.93. The van der Waals surface area contributed by atoms with E-state index < -0.39 is 0 Å². The minimum atomic E-state index is -0.113. The smallest absolute Gasteiger partial charge is 0.228 e. The highest BCUT2D eigenvalue weighted by Gasteiger charge is 2.42. The minimum Gasteiger partial charge on any atom is -0.361 e. The predicted octanol–water partition coefficient (Wildman–Crippen LogP) is 2.27. The number of carbonyl (C=O) groups excluding carboxylic acids is 2. The third-order valence-corrected chi connectivity index (χ3v) is 5.98. The molecule has 2 amide bonds. The van der Waals surface area contributed by atoms with Gasteiger partial charge in [0, 0.05) is 43.0 Å². The molecule has 0 saturated carbocycles. The Labute approximate surface area is 164 Å². The molecule has 0 N–H and O–H groups in total. The van der Waals surface area contributed by atoms with Crippen LogP contribution in [0.5, 0.6) is 0 Å². The second-order valence-electron chi connectivity index (χ2n) is 7.82. The van der Waals surface area contributed by atoms with Crippen molar-refractivity contribution in [1.29, 1.82) is 0 Å². The van der Waals surface area contributed by atoms with Crippen LogP contribution >= 0.6 is 0 Å². The van der Waals surface area contributed by atoms with Crippen LogP contribution in [0.25, 0.3) is 0 Å². The van der Waals surface area contributed by atoms with Crippen LogP contribution in [0, 0.1) is 19.8 Å². The Morgan fingerprint density at radius 1 is 1.25 bits per heavy atom. The van der Waals surface area contributed by atoms with E-state index in [1.54, 1.807) is 6.20 Å². The maximum absolute atomic E-state index is 13.0. The number of aryl methyl sites for hydroxylation is 3. The van der Waals surface area contributed by atoms with E-state index in [0.717, 1.165) is 35.6 Å². The van der Waals surface area contributed by atoms with Crippen molar-refractivity contribution in [3.05, 3.63) is 47.1 Å². The molecule has 0 radical (unpaired) electrons. The van der Waals surface area contributed by atoms with Crippen LogP contribution in [0.15, 0.2) is 28.9 Å². The molecule has 2 bridgehead atoms.